The summed E-state index contributed by atoms with van der Waals surface area (Å²) in [6.07, 6.45) is 0. The third-order valence-electron chi connectivity index (χ3n) is 3.06. The van der Waals surface area contributed by atoms with Gasteiger partial charge < -0.3 is 11.1 Å². The molecule has 0 fully saturated rings. The molecule has 0 bridgehead atoms. The van der Waals surface area contributed by atoms with Crippen molar-refractivity contribution in [1.82, 2.24) is 0 Å². The highest BCUT2D eigenvalue weighted by atomic mass is 16.1. The molecule has 21 heavy (non-hydrogen) atoms. The number of hydrogen-bond acceptors (Lipinski definition) is 2. The predicted octanol–water partition coefficient (Wildman–Crippen LogP) is 2.87. The summed E-state index contributed by atoms with van der Waals surface area (Å²) in [6.45, 7) is 4.25. The minimum absolute atomic E-state index is 0.142. The lowest BCUT2D eigenvalue weighted by molar-refractivity contribution is 0.102. The van der Waals surface area contributed by atoms with E-state index >= 15 is 0 Å². The molecule has 3 N–H and O–H groups in total. The highest BCUT2D eigenvalue weighted by Gasteiger charge is 2.08. The van der Waals surface area contributed by atoms with Crippen LogP contribution >= 0.6 is 0 Å². The number of carbonyl (C=O) groups is 1. The van der Waals surface area contributed by atoms with Crippen LogP contribution in [0.1, 0.15) is 27.0 Å². The van der Waals surface area contributed by atoms with E-state index in [4.69, 9.17) is 5.73 Å². The SMILES string of the molecule is Cc1ccc(C(=O)Nc2cc(C)ccc2C#CCN)cc1. The molecule has 0 heterocycles. The van der Waals surface area contributed by atoms with Crippen molar-refractivity contribution in [3.63, 3.8) is 0 Å². The van der Waals surface area contributed by atoms with Gasteiger partial charge in [-0.1, -0.05) is 35.6 Å². The number of aryl methyl sites for hydroxylation is 2. The average molecular weight is 278 g/mol. The van der Waals surface area contributed by atoms with Crippen LogP contribution < -0.4 is 11.1 Å². The maximum absolute atomic E-state index is 12.3. The lowest BCUT2D eigenvalue weighted by atomic mass is 10.1. The summed E-state index contributed by atoms with van der Waals surface area (Å²) in [5.74, 6) is 5.65. The van der Waals surface area contributed by atoms with Gasteiger partial charge in [0.05, 0.1) is 12.2 Å². The van der Waals surface area contributed by atoms with Gasteiger partial charge in [-0.05, 0) is 43.7 Å². The van der Waals surface area contributed by atoms with Gasteiger partial charge in [-0.15, -0.1) is 0 Å². The predicted molar refractivity (Wildman–Crippen MR) is 86.2 cm³/mol. The minimum atomic E-state index is -0.142. The second-order valence-electron chi connectivity index (χ2n) is 4.88. The molecule has 2 rings (SSSR count). The van der Waals surface area contributed by atoms with Crippen LogP contribution in [0, 0.1) is 25.7 Å². The Balaban J connectivity index is 2.27. The Hall–Kier alpha value is -2.57. The van der Waals surface area contributed by atoms with Crippen molar-refractivity contribution in [1.29, 1.82) is 0 Å². The van der Waals surface area contributed by atoms with Gasteiger partial charge in [-0.25, -0.2) is 0 Å². The van der Waals surface area contributed by atoms with Gasteiger partial charge in [0.1, 0.15) is 0 Å². The van der Waals surface area contributed by atoms with Crippen molar-refractivity contribution in [2.75, 3.05) is 11.9 Å². The van der Waals surface area contributed by atoms with Crippen LogP contribution in [0.4, 0.5) is 5.69 Å². The van der Waals surface area contributed by atoms with Crippen LogP contribution in [0.2, 0.25) is 0 Å². The summed E-state index contributed by atoms with van der Waals surface area (Å²) < 4.78 is 0. The highest BCUT2D eigenvalue weighted by molar-refractivity contribution is 6.05. The largest absolute Gasteiger partial charge is 0.321 e. The van der Waals surface area contributed by atoms with E-state index in [2.05, 4.69) is 17.2 Å². The van der Waals surface area contributed by atoms with Gasteiger partial charge in [0, 0.05) is 11.1 Å². The molecule has 3 nitrogen and oxygen atoms in total. The van der Waals surface area contributed by atoms with Crippen molar-refractivity contribution < 1.29 is 4.79 Å². The molecule has 0 unspecified atom stereocenters. The molecule has 0 radical (unpaired) electrons. The lowest BCUT2D eigenvalue weighted by Crippen LogP contribution is -2.13. The molecular formula is C18H18N2O. The molecule has 0 aliphatic heterocycles. The highest BCUT2D eigenvalue weighted by Crippen LogP contribution is 2.18. The zero-order valence-corrected chi connectivity index (χ0v) is 12.2. The van der Waals surface area contributed by atoms with E-state index < -0.39 is 0 Å². The number of nitrogens with one attached hydrogen (secondary N) is 1. The second-order valence-corrected chi connectivity index (χ2v) is 4.88. The molecule has 0 saturated heterocycles. The zero-order valence-electron chi connectivity index (χ0n) is 12.2. The molecule has 0 spiro atoms. The smallest absolute Gasteiger partial charge is 0.255 e. The van der Waals surface area contributed by atoms with Crippen LogP contribution in [0.5, 0.6) is 0 Å². The van der Waals surface area contributed by atoms with E-state index in [1.54, 1.807) is 0 Å². The first kappa shape index (κ1) is 14.8. The zero-order chi connectivity index (χ0) is 15.2. The van der Waals surface area contributed by atoms with Crippen molar-refractivity contribution in [2.24, 2.45) is 5.73 Å². The van der Waals surface area contributed by atoms with Crippen LogP contribution in [0.25, 0.3) is 0 Å². The van der Waals surface area contributed by atoms with Crippen molar-refractivity contribution in [3.8, 4) is 11.8 Å². The topological polar surface area (TPSA) is 55.1 Å². The first-order chi connectivity index (χ1) is 10.1. The molecule has 2 aromatic carbocycles. The summed E-state index contributed by atoms with van der Waals surface area (Å²) in [6, 6.07) is 13.2. The first-order valence-corrected chi connectivity index (χ1v) is 6.78. The van der Waals surface area contributed by atoms with Gasteiger partial charge in [0.15, 0.2) is 0 Å². The molecule has 0 saturated carbocycles. The van der Waals surface area contributed by atoms with E-state index in [1.807, 2.05) is 56.3 Å². The van der Waals surface area contributed by atoms with E-state index in [0.29, 0.717) is 17.8 Å². The Morgan fingerprint density at radius 2 is 1.76 bits per heavy atom. The van der Waals surface area contributed by atoms with Gasteiger partial charge in [-0.2, -0.15) is 0 Å². The third-order valence-corrected chi connectivity index (χ3v) is 3.06. The first-order valence-electron chi connectivity index (χ1n) is 6.78. The van der Waals surface area contributed by atoms with Crippen LogP contribution in [-0.2, 0) is 0 Å². The van der Waals surface area contributed by atoms with Crippen LogP contribution in [0.3, 0.4) is 0 Å². The molecule has 0 aliphatic rings. The number of anilines is 1. The quantitative estimate of drug-likeness (QED) is 0.830. The number of carbonyl (C=O) groups excluding carboxylic acids is 1. The lowest BCUT2D eigenvalue weighted by Gasteiger charge is -2.09. The van der Waals surface area contributed by atoms with Crippen molar-refractivity contribution in [3.05, 3.63) is 64.7 Å². The van der Waals surface area contributed by atoms with E-state index in [9.17, 15) is 4.79 Å². The summed E-state index contributed by atoms with van der Waals surface area (Å²) in [4.78, 5) is 12.3. The normalized spacial score (nSPS) is 9.67. The number of amides is 1. The van der Waals surface area contributed by atoms with Crippen molar-refractivity contribution in [2.45, 2.75) is 13.8 Å². The maximum atomic E-state index is 12.3. The average Bonchev–Trinajstić information content (AvgIpc) is 2.47. The minimum Gasteiger partial charge on any atom is -0.321 e. The molecule has 1 amide bonds. The number of hydrogen-bond donors (Lipinski definition) is 2. The molecule has 0 atom stereocenters. The van der Waals surface area contributed by atoms with E-state index in [-0.39, 0.29) is 5.91 Å². The van der Waals surface area contributed by atoms with E-state index in [0.717, 1.165) is 16.7 Å². The molecule has 106 valence electrons. The fourth-order valence-electron chi connectivity index (χ4n) is 1.92. The van der Waals surface area contributed by atoms with Gasteiger partial charge in [0.2, 0.25) is 0 Å². The fraction of sp³-hybridized carbons (Fsp3) is 0.167. The standard InChI is InChI=1S/C18H18N2O/c1-13-5-9-16(10-6-13)18(21)20-17-12-14(2)7-8-15(17)4-3-11-19/h5-10,12H,11,19H2,1-2H3,(H,20,21). The van der Waals surface area contributed by atoms with Crippen LogP contribution in [0.15, 0.2) is 42.5 Å². The Kier molecular flexibility index (Phi) is 4.76. The molecule has 3 heteroatoms. The Labute approximate surface area is 125 Å². The van der Waals surface area contributed by atoms with Gasteiger partial charge in [-0.3, -0.25) is 4.79 Å². The van der Waals surface area contributed by atoms with Crippen molar-refractivity contribution >= 4 is 11.6 Å². The number of rotatable bonds is 2. The Morgan fingerprint density at radius 3 is 2.43 bits per heavy atom. The molecule has 0 aromatic heterocycles. The Bertz CT molecular complexity index is 706. The Morgan fingerprint density at radius 1 is 1.10 bits per heavy atom. The van der Waals surface area contributed by atoms with Gasteiger partial charge >= 0.3 is 0 Å². The molecule has 0 aliphatic carbocycles. The monoisotopic (exact) mass is 278 g/mol. The molecule has 2 aromatic rings. The number of benzene rings is 2. The van der Waals surface area contributed by atoms with Crippen LogP contribution in [-0.4, -0.2) is 12.5 Å². The van der Waals surface area contributed by atoms with E-state index in [1.165, 1.54) is 0 Å². The molecular weight excluding hydrogens is 260 g/mol. The third kappa shape index (κ3) is 3.95. The summed E-state index contributed by atoms with van der Waals surface area (Å²) in [5, 5.41) is 2.91. The van der Waals surface area contributed by atoms with Gasteiger partial charge in [0.25, 0.3) is 5.91 Å². The summed E-state index contributed by atoms with van der Waals surface area (Å²) in [7, 11) is 0. The fourth-order valence-corrected chi connectivity index (χ4v) is 1.92. The summed E-state index contributed by atoms with van der Waals surface area (Å²) >= 11 is 0. The maximum Gasteiger partial charge on any atom is 0.255 e. The second kappa shape index (κ2) is 6.74. The summed E-state index contributed by atoms with van der Waals surface area (Å²) in [5.41, 5.74) is 9.69. The number of nitrogens with two attached hydrogens (primary N) is 1.